The normalized spacial score (nSPS) is 11.8. The van der Waals surface area contributed by atoms with Crippen LogP contribution in [0.2, 0.25) is 0 Å². The lowest BCUT2D eigenvalue weighted by atomic mass is 9.93. The van der Waals surface area contributed by atoms with Crippen molar-refractivity contribution in [3.63, 3.8) is 0 Å². The molecule has 0 atom stereocenters. The predicted molar refractivity (Wildman–Crippen MR) is 211 cm³/mol. The number of nitrogens with zero attached hydrogens (tertiary/aromatic N) is 3. The first kappa shape index (κ1) is 28.7. The van der Waals surface area contributed by atoms with Crippen LogP contribution >= 0.6 is 0 Å². The molecule has 3 aromatic heterocycles. The van der Waals surface area contributed by atoms with Gasteiger partial charge in [-0.05, 0) is 69.1 Å². The van der Waals surface area contributed by atoms with E-state index in [1.165, 1.54) is 16.2 Å². The minimum Gasteiger partial charge on any atom is -0.456 e. The van der Waals surface area contributed by atoms with E-state index in [4.69, 9.17) is 23.8 Å². The van der Waals surface area contributed by atoms with Gasteiger partial charge in [0.25, 0.3) is 0 Å². The Bertz CT molecular complexity index is 3190. The van der Waals surface area contributed by atoms with Crippen molar-refractivity contribution in [2.45, 2.75) is 0 Å². The number of hydrogen-bond acceptors (Lipinski definition) is 5. The fraction of sp³-hybridized carbons (Fsp3) is 0. The van der Waals surface area contributed by atoms with E-state index in [1.54, 1.807) is 0 Å². The van der Waals surface area contributed by atoms with Gasteiger partial charge < -0.3 is 8.83 Å². The molecule has 242 valence electrons. The Morgan fingerprint density at radius 3 is 1.81 bits per heavy atom. The van der Waals surface area contributed by atoms with Crippen molar-refractivity contribution in [2.24, 2.45) is 0 Å². The van der Waals surface area contributed by atoms with E-state index in [2.05, 4.69) is 91.0 Å². The van der Waals surface area contributed by atoms with Gasteiger partial charge in [-0.25, -0.2) is 15.0 Å². The predicted octanol–water partition coefficient (Wildman–Crippen LogP) is 12.6. The van der Waals surface area contributed by atoms with E-state index in [9.17, 15) is 0 Å². The molecule has 8 aromatic carbocycles. The second-order valence-electron chi connectivity index (χ2n) is 13.2. The molecule has 5 nitrogen and oxygen atoms in total. The monoisotopic (exact) mass is 665 g/mol. The average Bonchev–Trinajstić information content (AvgIpc) is 3.78. The molecule has 0 aliphatic carbocycles. The summed E-state index contributed by atoms with van der Waals surface area (Å²) < 4.78 is 12.4. The molecule has 0 saturated carbocycles. The first-order chi connectivity index (χ1) is 25.7. The van der Waals surface area contributed by atoms with Gasteiger partial charge in [-0.1, -0.05) is 127 Å². The second-order valence-corrected chi connectivity index (χ2v) is 13.2. The molecule has 0 aliphatic rings. The molecule has 5 heteroatoms. The van der Waals surface area contributed by atoms with E-state index in [0.29, 0.717) is 17.5 Å². The molecule has 0 spiro atoms. The zero-order valence-corrected chi connectivity index (χ0v) is 27.7. The highest BCUT2D eigenvalue weighted by Gasteiger charge is 2.18. The molecule has 0 fully saturated rings. The standard InChI is InChI=1S/C47H27N3O2/c1-2-11-28(12-3-1)45-48-46(50-47(49-45)37-19-10-22-42-44(37)36-16-5-7-21-41(36)51-42)31-14-8-13-29(25-31)32-17-9-18-33-34(32)24-23-30-26-43-39(27-38(30)33)35-15-4-6-20-40(35)52-43/h1-27H. The summed E-state index contributed by atoms with van der Waals surface area (Å²) in [7, 11) is 0. The van der Waals surface area contributed by atoms with Crippen LogP contribution in [0.3, 0.4) is 0 Å². The lowest BCUT2D eigenvalue weighted by Gasteiger charge is -2.12. The molecular weight excluding hydrogens is 639 g/mol. The number of furan rings is 2. The molecule has 0 aliphatic heterocycles. The van der Waals surface area contributed by atoms with E-state index >= 15 is 0 Å². The smallest absolute Gasteiger partial charge is 0.164 e. The Balaban J connectivity index is 1.09. The van der Waals surface area contributed by atoms with Gasteiger partial charge in [-0.3, -0.25) is 0 Å². The number of fused-ring (bicyclic) bond motifs is 9. The van der Waals surface area contributed by atoms with Crippen molar-refractivity contribution in [1.82, 2.24) is 15.0 Å². The van der Waals surface area contributed by atoms with Crippen molar-refractivity contribution in [1.29, 1.82) is 0 Å². The van der Waals surface area contributed by atoms with Crippen LogP contribution in [0.4, 0.5) is 0 Å². The van der Waals surface area contributed by atoms with Gasteiger partial charge in [0.1, 0.15) is 22.3 Å². The lowest BCUT2D eigenvalue weighted by Crippen LogP contribution is -2.00. The summed E-state index contributed by atoms with van der Waals surface area (Å²) in [5, 5.41) is 9.00. The Labute approximate surface area is 297 Å². The zero-order valence-electron chi connectivity index (χ0n) is 27.7. The van der Waals surface area contributed by atoms with Crippen LogP contribution in [0.15, 0.2) is 173 Å². The molecule has 11 aromatic rings. The maximum atomic E-state index is 6.23. The number of para-hydroxylation sites is 2. The van der Waals surface area contributed by atoms with Gasteiger partial charge in [0.2, 0.25) is 0 Å². The zero-order chi connectivity index (χ0) is 34.2. The number of hydrogen-bond donors (Lipinski definition) is 0. The molecule has 0 saturated heterocycles. The van der Waals surface area contributed by atoms with Crippen LogP contribution in [-0.2, 0) is 0 Å². The van der Waals surface area contributed by atoms with Gasteiger partial charge >= 0.3 is 0 Å². The van der Waals surface area contributed by atoms with Gasteiger partial charge in [0.15, 0.2) is 17.5 Å². The lowest BCUT2D eigenvalue weighted by molar-refractivity contribution is 0.669. The first-order valence-electron chi connectivity index (χ1n) is 17.3. The Morgan fingerprint density at radius 1 is 0.308 bits per heavy atom. The van der Waals surface area contributed by atoms with Gasteiger partial charge in [-0.2, -0.15) is 0 Å². The van der Waals surface area contributed by atoms with Crippen LogP contribution in [0.25, 0.3) is 111 Å². The molecule has 0 unspecified atom stereocenters. The molecule has 3 heterocycles. The molecule has 11 rings (SSSR count). The maximum absolute atomic E-state index is 6.23. The first-order valence-corrected chi connectivity index (χ1v) is 17.3. The quantitative estimate of drug-likeness (QED) is 0.175. The Kier molecular flexibility index (Phi) is 6.18. The summed E-state index contributed by atoms with van der Waals surface area (Å²) in [5.41, 5.74) is 8.41. The average molecular weight is 666 g/mol. The second kappa shape index (κ2) is 11.2. The van der Waals surface area contributed by atoms with E-state index in [1.807, 2.05) is 72.8 Å². The Hall–Kier alpha value is -7.11. The summed E-state index contributed by atoms with van der Waals surface area (Å²) in [4.78, 5) is 15.3. The molecule has 0 N–H and O–H groups in total. The van der Waals surface area contributed by atoms with Crippen LogP contribution in [0, 0.1) is 0 Å². The van der Waals surface area contributed by atoms with Crippen molar-refractivity contribution in [3.8, 4) is 45.3 Å². The highest BCUT2D eigenvalue weighted by Crippen LogP contribution is 2.40. The molecule has 0 radical (unpaired) electrons. The fourth-order valence-corrected chi connectivity index (χ4v) is 7.69. The number of aromatic nitrogens is 3. The van der Waals surface area contributed by atoms with E-state index < -0.39 is 0 Å². The highest BCUT2D eigenvalue weighted by atomic mass is 16.3. The summed E-state index contributed by atoms with van der Waals surface area (Å²) >= 11 is 0. The summed E-state index contributed by atoms with van der Waals surface area (Å²) in [6.07, 6.45) is 0. The van der Waals surface area contributed by atoms with Crippen molar-refractivity contribution in [2.75, 3.05) is 0 Å². The largest absolute Gasteiger partial charge is 0.456 e. The van der Waals surface area contributed by atoms with Crippen LogP contribution in [-0.4, -0.2) is 15.0 Å². The summed E-state index contributed by atoms with van der Waals surface area (Å²) in [6.45, 7) is 0. The molecule has 52 heavy (non-hydrogen) atoms. The summed E-state index contributed by atoms with van der Waals surface area (Å²) in [6, 6.07) is 56.4. The topological polar surface area (TPSA) is 65.0 Å². The van der Waals surface area contributed by atoms with Crippen LogP contribution in [0.1, 0.15) is 0 Å². The van der Waals surface area contributed by atoms with Crippen LogP contribution < -0.4 is 0 Å². The van der Waals surface area contributed by atoms with Gasteiger partial charge in [0.05, 0.1) is 0 Å². The molecule has 0 bridgehead atoms. The highest BCUT2D eigenvalue weighted by molar-refractivity contribution is 6.18. The minimum atomic E-state index is 0.598. The minimum absolute atomic E-state index is 0.598. The third kappa shape index (κ3) is 4.46. The number of rotatable bonds is 4. The van der Waals surface area contributed by atoms with Crippen LogP contribution in [0.5, 0.6) is 0 Å². The van der Waals surface area contributed by atoms with Gasteiger partial charge in [-0.15, -0.1) is 0 Å². The van der Waals surface area contributed by atoms with E-state index in [-0.39, 0.29) is 0 Å². The van der Waals surface area contributed by atoms with Crippen molar-refractivity contribution in [3.05, 3.63) is 164 Å². The Morgan fingerprint density at radius 2 is 0.923 bits per heavy atom. The maximum Gasteiger partial charge on any atom is 0.164 e. The van der Waals surface area contributed by atoms with E-state index in [0.717, 1.165) is 77.1 Å². The number of benzene rings is 8. The van der Waals surface area contributed by atoms with Crippen molar-refractivity contribution < 1.29 is 8.83 Å². The fourth-order valence-electron chi connectivity index (χ4n) is 7.69. The molecule has 0 amide bonds. The SMILES string of the molecule is c1ccc(-c2nc(-c3cccc(-c4cccc5c4ccc4cc6oc7ccccc7c6cc45)c3)nc(-c3cccc4oc5ccccc5c34)n2)cc1. The summed E-state index contributed by atoms with van der Waals surface area (Å²) in [5.74, 6) is 1.82. The van der Waals surface area contributed by atoms with Gasteiger partial charge in [0, 0.05) is 38.2 Å². The molecular formula is C47H27N3O2. The third-order valence-corrected chi connectivity index (χ3v) is 10.1. The van der Waals surface area contributed by atoms with Crippen molar-refractivity contribution >= 4 is 65.4 Å². The third-order valence-electron chi connectivity index (χ3n) is 10.1.